The molecule has 19 heavy (non-hydrogen) atoms. The molecule has 0 fully saturated rings. The SMILES string of the molecule is CCCc1ccc(OCC(CC)CS(=O)(=O)Cl)cc1. The molecule has 1 aromatic rings. The van der Waals surface area contributed by atoms with Crippen molar-refractivity contribution >= 4 is 19.7 Å². The Morgan fingerprint density at radius 3 is 2.32 bits per heavy atom. The first-order chi connectivity index (χ1) is 8.94. The zero-order valence-electron chi connectivity index (χ0n) is 11.4. The third kappa shape index (κ3) is 6.83. The predicted molar refractivity (Wildman–Crippen MR) is 79.4 cm³/mol. The molecule has 1 aromatic carbocycles. The molecule has 1 rings (SSSR count). The van der Waals surface area contributed by atoms with Gasteiger partial charge < -0.3 is 4.74 Å². The minimum absolute atomic E-state index is 0.0427. The predicted octanol–water partition coefficient (Wildman–Crippen LogP) is 3.61. The quantitative estimate of drug-likeness (QED) is 0.689. The molecule has 5 heteroatoms. The van der Waals surface area contributed by atoms with Crippen molar-refractivity contribution in [3.8, 4) is 5.75 Å². The Morgan fingerprint density at radius 1 is 1.21 bits per heavy atom. The van der Waals surface area contributed by atoms with E-state index in [-0.39, 0.29) is 11.7 Å². The largest absolute Gasteiger partial charge is 0.493 e. The van der Waals surface area contributed by atoms with E-state index in [0.717, 1.165) is 25.0 Å². The standard InChI is InChI=1S/C14H21ClO3S/c1-3-5-13-6-8-14(9-7-13)18-10-12(4-2)11-19(15,16)17/h6-9,12H,3-5,10-11H2,1-2H3. The number of ether oxygens (including phenoxy) is 1. The normalized spacial score (nSPS) is 13.2. The molecular weight excluding hydrogens is 284 g/mol. The van der Waals surface area contributed by atoms with E-state index in [2.05, 4.69) is 6.92 Å². The first kappa shape index (κ1) is 16.3. The van der Waals surface area contributed by atoms with Crippen molar-refractivity contribution in [2.45, 2.75) is 33.1 Å². The minimum atomic E-state index is -3.46. The van der Waals surface area contributed by atoms with Crippen LogP contribution in [0.2, 0.25) is 0 Å². The highest BCUT2D eigenvalue weighted by molar-refractivity contribution is 8.13. The summed E-state index contributed by atoms with van der Waals surface area (Å²) >= 11 is 0. The second-order valence-electron chi connectivity index (χ2n) is 4.68. The molecule has 0 N–H and O–H groups in total. The topological polar surface area (TPSA) is 43.4 Å². The van der Waals surface area contributed by atoms with E-state index in [1.165, 1.54) is 5.56 Å². The van der Waals surface area contributed by atoms with Crippen LogP contribution in [0.25, 0.3) is 0 Å². The van der Waals surface area contributed by atoms with Crippen molar-refractivity contribution < 1.29 is 13.2 Å². The highest BCUT2D eigenvalue weighted by atomic mass is 35.7. The summed E-state index contributed by atoms with van der Waals surface area (Å²) in [5, 5.41) is 0. The Morgan fingerprint density at radius 2 is 1.84 bits per heavy atom. The van der Waals surface area contributed by atoms with E-state index in [9.17, 15) is 8.42 Å². The Balaban J connectivity index is 2.50. The molecule has 0 saturated heterocycles. The summed E-state index contributed by atoms with van der Waals surface area (Å²) in [5.74, 6) is 0.655. The maximum absolute atomic E-state index is 11.0. The molecule has 1 atom stereocenters. The zero-order valence-corrected chi connectivity index (χ0v) is 13.0. The molecule has 0 spiro atoms. The van der Waals surface area contributed by atoms with E-state index in [1.807, 2.05) is 31.2 Å². The summed E-state index contributed by atoms with van der Waals surface area (Å²) in [7, 11) is 1.80. The summed E-state index contributed by atoms with van der Waals surface area (Å²) in [4.78, 5) is 0. The van der Waals surface area contributed by atoms with Crippen LogP contribution in [0.1, 0.15) is 32.3 Å². The average molecular weight is 305 g/mol. The van der Waals surface area contributed by atoms with Gasteiger partial charge in [0.1, 0.15) is 5.75 Å². The molecule has 1 unspecified atom stereocenters. The number of hydrogen-bond acceptors (Lipinski definition) is 3. The van der Waals surface area contributed by atoms with Gasteiger partial charge >= 0.3 is 0 Å². The fourth-order valence-corrected chi connectivity index (χ4v) is 3.25. The first-order valence-corrected chi connectivity index (χ1v) is 9.06. The Hall–Kier alpha value is -0.740. The van der Waals surface area contributed by atoms with Gasteiger partial charge in [0.15, 0.2) is 0 Å². The molecule has 0 radical (unpaired) electrons. The lowest BCUT2D eigenvalue weighted by Crippen LogP contribution is -2.18. The number of aryl methyl sites for hydroxylation is 1. The molecule has 0 amide bonds. The molecule has 0 bridgehead atoms. The van der Waals surface area contributed by atoms with Crippen LogP contribution < -0.4 is 4.74 Å². The van der Waals surface area contributed by atoms with Gasteiger partial charge in [-0.15, -0.1) is 0 Å². The van der Waals surface area contributed by atoms with Gasteiger partial charge in [0, 0.05) is 16.6 Å². The van der Waals surface area contributed by atoms with Crippen LogP contribution >= 0.6 is 10.7 Å². The highest BCUT2D eigenvalue weighted by Crippen LogP contribution is 2.16. The third-order valence-corrected chi connectivity index (χ3v) is 4.21. The van der Waals surface area contributed by atoms with E-state index in [0.29, 0.717) is 6.61 Å². The van der Waals surface area contributed by atoms with Gasteiger partial charge in [-0.3, -0.25) is 0 Å². The van der Waals surface area contributed by atoms with Crippen molar-refractivity contribution in [1.82, 2.24) is 0 Å². The summed E-state index contributed by atoms with van der Waals surface area (Å²) < 4.78 is 27.7. The lowest BCUT2D eigenvalue weighted by atomic mass is 10.1. The zero-order chi connectivity index (χ0) is 14.3. The monoisotopic (exact) mass is 304 g/mol. The van der Waals surface area contributed by atoms with Crippen LogP contribution in [0.5, 0.6) is 5.75 Å². The summed E-state index contributed by atoms with van der Waals surface area (Å²) in [6.07, 6.45) is 2.90. The first-order valence-electron chi connectivity index (χ1n) is 6.58. The van der Waals surface area contributed by atoms with Crippen LogP contribution in [-0.4, -0.2) is 20.8 Å². The molecule has 0 aliphatic heterocycles. The van der Waals surface area contributed by atoms with Crippen LogP contribution in [0.3, 0.4) is 0 Å². The van der Waals surface area contributed by atoms with E-state index in [4.69, 9.17) is 15.4 Å². The van der Waals surface area contributed by atoms with Crippen molar-refractivity contribution in [2.75, 3.05) is 12.4 Å². The second kappa shape index (κ2) is 7.75. The van der Waals surface area contributed by atoms with Gasteiger partial charge in [0.05, 0.1) is 12.4 Å². The average Bonchev–Trinajstić information content (AvgIpc) is 2.35. The van der Waals surface area contributed by atoms with Gasteiger partial charge in [0.2, 0.25) is 9.05 Å². The molecule has 0 saturated carbocycles. The number of hydrogen-bond donors (Lipinski definition) is 0. The van der Waals surface area contributed by atoms with Gasteiger partial charge in [-0.05, 0) is 30.5 Å². The van der Waals surface area contributed by atoms with Gasteiger partial charge in [-0.25, -0.2) is 8.42 Å². The summed E-state index contributed by atoms with van der Waals surface area (Å²) in [6.45, 7) is 4.44. The molecule has 0 heterocycles. The fourth-order valence-electron chi connectivity index (χ4n) is 1.82. The van der Waals surface area contributed by atoms with Crippen LogP contribution in [0, 0.1) is 5.92 Å². The minimum Gasteiger partial charge on any atom is -0.493 e. The third-order valence-electron chi connectivity index (χ3n) is 2.96. The van der Waals surface area contributed by atoms with Crippen molar-refractivity contribution in [1.29, 1.82) is 0 Å². The molecule has 0 aromatic heterocycles. The van der Waals surface area contributed by atoms with Gasteiger partial charge in [-0.2, -0.15) is 0 Å². The molecule has 0 aliphatic rings. The lowest BCUT2D eigenvalue weighted by molar-refractivity contribution is 0.258. The number of benzene rings is 1. The summed E-state index contributed by atoms with van der Waals surface area (Å²) in [6, 6.07) is 7.93. The smallest absolute Gasteiger partial charge is 0.232 e. The van der Waals surface area contributed by atoms with Crippen LogP contribution in [-0.2, 0) is 15.5 Å². The van der Waals surface area contributed by atoms with Crippen LogP contribution in [0.4, 0.5) is 0 Å². The Kier molecular flexibility index (Phi) is 6.66. The molecule has 0 aliphatic carbocycles. The van der Waals surface area contributed by atoms with Crippen molar-refractivity contribution in [2.24, 2.45) is 5.92 Å². The number of halogens is 1. The van der Waals surface area contributed by atoms with Gasteiger partial charge in [-0.1, -0.05) is 32.4 Å². The maximum Gasteiger partial charge on any atom is 0.232 e. The summed E-state index contributed by atoms with van der Waals surface area (Å²) in [5.41, 5.74) is 1.28. The fraction of sp³-hybridized carbons (Fsp3) is 0.571. The molecular formula is C14H21ClO3S. The van der Waals surface area contributed by atoms with Crippen molar-refractivity contribution in [3.05, 3.63) is 29.8 Å². The van der Waals surface area contributed by atoms with E-state index >= 15 is 0 Å². The van der Waals surface area contributed by atoms with Crippen LogP contribution in [0.15, 0.2) is 24.3 Å². The molecule has 3 nitrogen and oxygen atoms in total. The Labute approximate surface area is 120 Å². The van der Waals surface area contributed by atoms with E-state index < -0.39 is 9.05 Å². The lowest BCUT2D eigenvalue weighted by Gasteiger charge is -2.14. The highest BCUT2D eigenvalue weighted by Gasteiger charge is 2.16. The van der Waals surface area contributed by atoms with Crippen molar-refractivity contribution in [3.63, 3.8) is 0 Å². The van der Waals surface area contributed by atoms with E-state index in [1.54, 1.807) is 0 Å². The maximum atomic E-state index is 11.0. The second-order valence-corrected chi connectivity index (χ2v) is 7.51. The Bertz CT molecular complexity index is 468. The van der Waals surface area contributed by atoms with Gasteiger partial charge in [0.25, 0.3) is 0 Å². The molecule has 108 valence electrons. The number of rotatable bonds is 8.